The molecule has 6 nitrogen and oxygen atoms in total. The van der Waals surface area contributed by atoms with Gasteiger partial charge in [0.05, 0.1) is 25.5 Å². The van der Waals surface area contributed by atoms with Gasteiger partial charge in [0.15, 0.2) is 0 Å². The summed E-state index contributed by atoms with van der Waals surface area (Å²) in [6.45, 7) is 7.10. The van der Waals surface area contributed by atoms with E-state index >= 15 is 0 Å². The summed E-state index contributed by atoms with van der Waals surface area (Å²) >= 11 is 0. The highest BCUT2D eigenvalue weighted by Gasteiger charge is 2.15. The summed E-state index contributed by atoms with van der Waals surface area (Å²) in [6.07, 6.45) is 1.04. The van der Waals surface area contributed by atoms with Gasteiger partial charge in [-0.05, 0) is 60.9 Å². The second-order valence-electron chi connectivity index (χ2n) is 8.76. The van der Waals surface area contributed by atoms with Crippen LogP contribution < -0.4 is 9.47 Å². The Morgan fingerprint density at radius 1 is 1.06 bits per heavy atom. The Balaban J connectivity index is 1.45. The highest BCUT2D eigenvalue weighted by molar-refractivity contribution is 5.81. The van der Waals surface area contributed by atoms with Crippen molar-refractivity contribution in [3.8, 4) is 22.8 Å². The predicted octanol–water partition coefficient (Wildman–Crippen LogP) is 4.74. The molecular formula is C29H33FN2O4. The first-order valence-corrected chi connectivity index (χ1v) is 12.5. The molecule has 0 N–H and O–H groups in total. The van der Waals surface area contributed by atoms with Crippen molar-refractivity contribution >= 4 is 5.78 Å². The first kappa shape index (κ1) is 25.8. The number of morpholine rings is 1. The molecular weight excluding hydrogens is 459 g/mol. The lowest BCUT2D eigenvalue weighted by Crippen LogP contribution is -2.38. The van der Waals surface area contributed by atoms with Crippen molar-refractivity contribution in [1.29, 1.82) is 0 Å². The van der Waals surface area contributed by atoms with Gasteiger partial charge < -0.3 is 14.2 Å². The molecule has 0 atom stereocenters. The number of hydrogen-bond donors (Lipinski definition) is 0. The molecule has 2 heterocycles. The molecule has 0 amide bonds. The lowest BCUT2D eigenvalue weighted by molar-refractivity contribution is -0.118. The Morgan fingerprint density at radius 2 is 1.86 bits per heavy atom. The van der Waals surface area contributed by atoms with E-state index in [4.69, 9.17) is 19.2 Å². The van der Waals surface area contributed by atoms with E-state index in [9.17, 15) is 9.18 Å². The van der Waals surface area contributed by atoms with Crippen LogP contribution in [0, 0.1) is 5.82 Å². The third kappa shape index (κ3) is 7.60. The van der Waals surface area contributed by atoms with Crippen LogP contribution in [0.2, 0.25) is 0 Å². The molecule has 1 aliphatic heterocycles. The molecule has 3 aromatic rings. The molecule has 0 bridgehead atoms. The molecule has 4 rings (SSSR count). The Morgan fingerprint density at radius 3 is 2.61 bits per heavy atom. The van der Waals surface area contributed by atoms with Crippen LogP contribution in [0.1, 0.15) is 24.6 Å². The molecule has 1 aliphatic rings. The molecule has 0 radical (unpaired) electrons. The van der Waals surface area contributed by atoms with Crippen molar-refractivity contribution in [2.24, 2.45) is 0 Å². The van der Waals surface area contributed by atoms with E-state index in [2.05, 4.69) is 4.90 Å². The number of pyridine rings is 1. The maximum Gasteiger partial charge on any atom is 0.221 e. The zero-order valence-electron chi connectivity index (χ0n) is 20.7. The number of aryl methyl sites for hydroxylation is 1. The second-order valence-corrected chi connectivity index (χ2v) is 8.76. The van der Waals surface area contributed by atoms with Gasteiger partial charge >= 0.3 is 0 Å². The summed E-state index contributed by atoms with van der Waals surface area (Å²) in [5, 5.41) is 0. The van der Waals surface area contributed by atoms with E-state index in [0.29, 0.717) is 37.6 Å². The number of aromatic nitrogens is 1. The summed E-state index contributed by atoms with van der Waals surface area (Å²) < 4.78 is 30.6. The maximum atomic E-state index is 13.4. The van der Waals surface area contributed by atoms with Gasteiger partial charge in [0.1, 0.15) is 24.0 Å². The number of hydrogen-bond acceptors (Lipinski definition) is 6. The van der Waals surface area contributed by atoms with Gasteiger partial charge in [-0.3, -0.25) is 9.69 Å². The van der Waals surface area contributed by atoms with Crippen LogP contribution in [0.4, 0.5) is 4.39 Å². The number of carbonyl (C=O) groups is 1. The van der Waals surface area contributed by atoms with Gasteiger partial charge in [-0.2, -0.15) is 0 Å². The molecule has 1 saturated heterocycles. The SMILES string of the molecule is CCOc1ccc(-c2ccc(CC(=O)CCc3cccc(F)c3)nc2OCCN2CCOCC2)cc1. The van der Waals surface area contributed by atoms with E-state index in [1.807, 2.05) is 49.4 Å². The minimum atomic E-state index is -0.287. The molecule has 36 heavy (non-hydrogen) atoms. The minimum Gasteiger partial charge on any atom is -0.494 e. The first-order chi connectivity index (χ1) is 17.6. The fourth-order valence-electron chi connectivity index (χ4n) is 4.17. The fourth-order valence-corrected chi connectivity index (χ4v) is 4.17. The van der Waals surface area contributed by atoms with Gasteiger partial charge in [-0.25, -0.2) is 9.37 Å². The lowest BCUT2D eigenvalue weighted by atomic mass is 10.0. The van der Waals surface area contributed by atoms with Crippen LogP contribution >= 0.6 is 0 Å². The van der Waals surface area contributed by atoms with E-state index in [1.165, 1.54) is 12.1 Å². The Bertz CT molecular complexity index is 1130. The third-order valence-corrected chi connectivity index (χ3v) is 6.10. The summed E-state index contributed by atoms with van der Waals surface area (Å²) in [7, 11) is 0. The summed E-state index contributed by atoms with van der Waals surface area (Å²) in [6, 6.07) is 18.0. The number of benzene rings is 2. The van der Waals surface area contributed by atoms with Gasteiger partial charge in [0, 0.05) is 38.0 Å². The molecule has 1 fully saturated rings. The lowest BCUT2D eigenvalue weighted by Gasteiger charge is -2.26. The molecule has 190 valence electrons. The summed E-state index contributed by atoms with van der Waals surface area (Å²) in [4.78, 5) is 19.7. The quantitative estimate of drug-likeness (QED) is 0.364. The normalized spacial score (nSPS) is 13.9. The number of halogens is 1. The number of ether oxygens (including phenoxy) is 3. The maximum absolute atomic E-state index is 13.4. The monoisotopic (exact) mass is 492 g/mol. The largest absolute Gasteiger partial charge is 0.494 e. The van der Waals surface area contributed by atoms with Crippen LogP contribution in [0.5, 0.6) is 11.6 Å². The third-order valence-electron chi connectivity index (χ3n) is 6.10. The van der Waals surface area contributed by atoms with E-state index < -0.39 is 0 Å². The Hall–Kier alpha value is -3.29. The van der Waals surface area contributed by atoms with E-state index in [0.717, 1.165) is 55.3 Å². The summed E-state index contributed by atoms with van der Waals surface area (Å²) in [5.74, 6) is 1.09. The van der Waals surface area contributed by atoms with Crippen LogP contribution in [0.15, 0.2) is 60.7 Å². The summed E-state index contributed by atoms with van der Waals surface area (Å²) in [5.41, 5.74) is 3.32. The van der Waals surface area contributed by atoms with Crippen molar-refractivity contribution in [2.45, 2.75) is 26.2 Å². The van der Waals surface area contributed by atoms with E-state index in [1.54, 1.807) is 6.07 Å². The standard InChI is InChI=1S/C29H33FN2O4/c1-2-35-27-11-7-23(8-12-27)28-13-9-25(21-26(33)10-6-22-4-3-5-24(30)20-22)31-29(28)36-19-16-32-14-17-34-18-15-32/h3-5,7-9,11-13,20H,2,6,10,14-19,21H2,1H3. The van der Waals surface area contributed by atoms with Crippen molar-refractivity contribution < 1.29 is 23.4 Å². The zero-order chi connectivity index (χ0) is 25.2. The van der Waals surface area contributed by atoms with Gasteiger partial charge in [-0.1, -0.05) is 24.3 Å². The molecule has 0 saturated carbocycles. The van der Waals surface area contributed by atoms with Gasteiger partial charge in [0.2, 0.25) is 5.88 Å². The molecule has 0 unspecified atom stereocenters. The number of carbonyl (C=O) groups excluding carboxylic acids is 1. The first-order valence-electron chi connectivity index (χ1n) is 12.5. The van der Waals surface area contributed by atoms with Crippen LogP contribution in [-0.2, 0) is 22.4 Å². The van der Waals surface area contributed by atoms with Crippen molar-refractivity contribution in [1.82, 2.24) is 9.88 Å². The van der Waals surface area contributed by atoms with Gasteiger partial charge in [-0.15, -0.1) is 0 Å². The fraction of sp³-hybridized carbons (Fsp3) is 0.379. The number of rotatable bonds is 12. The van der Waals surface area contributed by atoms with Gasteiger partial charge in [0.25, 0.3) is 0 Å². The number of Topliss-reactive ketones (excluding diaryl/α,β-unsaturated/α-hetero) is 1. The molecule has 0 spiro atoms. The molecule has 0 aliphatic carbocycles. The second kappa shape index (κ2) is 13.1. The Kier molecular flexibility index (Phi) is 9.41. The van der Waals surface area contributed by atoms with E-state index in [-0.39, 0.29) is 18.0 Å². The highest BCUT2D eigenvalue weighted by Crippen LogP contribution is 2.30. The van der Waals surface area contributed by atoms with Crippen molar-refractivity contribution in [3.63, 3.8) is 0 Å². The molecule has 7 heteroatoms. The Labute approximate surface area is 212 Å². The topological polar surface area (TPSA) is 60.9 Å². The average Bonchev–Trinajstić information content (AvgIpc) is 2.89. The smallest absolute Gasteiger partial charge is 0.221 e. The molecule has 1 aromatic heterocycles. The number of ketones is 1. The van der Waals surface area contributed by atoms with Crippen molar-refractivity contribution in [3.05, 3.63) is 77.7 Å². The minimum absolute atomic E-state index is 0.0554. The molecule has 2 aromatic carbocycles. The van der Waals surface area contributed by atoms with Crippen LogP contribution in [-0.4, -0.2) is 61.7 Å². The van der Waals surface area contributed by atoms with Crippen LogP contribution in [0.3, 0.4) is 0 Å². The zero-order valence-corrected chi connectivity index (χ0v) is 20.7. The predicted molar refractivity (Wildman–Crippen MR) is 137 cm³/mol. The van der Waals surface area contributed by atoms with Crippen molar-refractivity contribution in [2.75, 3.05) is 46.1 Å². The average molecular weight is 493 g/mol. The number of nitrogens with zero attached hydrogens (tertiary/aromatic N) is 2. The van der Waals surface area contributed by atoms with Crippen LogP contribution in [0.25, 0.3) is 11.1 Å². The highest BCUT2D eigenvalue weighted by atomic mass is 19.1.